The number of rotatable bonds is 4. The third-order valence-electron chi connectivity index (χ3n) is 3.94. The van der Waals surface area contributed by atoms with Gasteiger partial charge in [0.2, 0.25) is 0 Å². The molecular weight excluding hydrogens is 345 g/mol. The molecule has 0 spiro atoms. The third kappa shape index (κ3) is 3.94. The largest absolute Gasteiger partial charge is 0.374 e. The minimum absolute atomic E-state index is 0.0722. The van der Waals surface area contributed by atoms with Crippen LogP contribution in [-0.4, -0.2) is 30.7 Å². The van der Waals surface area contributed by atoms with E-state index in [-0.39, 0.29) is 16.7 Å². The number of ether oxygens (including phenoxy) is 1. The van der Waals surface area contributed by atoms with Crippen molar-refractivity contribution in [1.82, 2.24) is 4.90 Å². The summed E-state index contributed by atoms with van der Waals surface area (Å²) in [6.07, 6.45) is 0.0722. The van der Waals surface area contributed by atoms with Crippen LogP contribution in [0.4, 0.5) is 4.39 Å². The summed E-state index contributed by atoms with van der Waals surface area (Å²) in [5.74, 6) is -0.210. The van der Waals surface area contributed by atoms with E-state index in [0.29, 0.717) is 0 Å². The molecule has 2 unspecified atom stereocenters. The van der Waals surface area contributed by atoms with E-state index in [4.69, 9.17) is 4.74 Å². The molecule has 0 N–H and O–H groups in total. The Morgan fingerprint density at radius 3 is 2.59 bits per heavy atom. The van der Waals surface area contributed by atoms with Gasteiger partial charge in [-0.2, -0.15) is 0 Å². The SMILES string of the molecule is Fc1ccc(C(Br)C2CN(Cc3ccccc3)CCO2)cc1. The van der Waals surface area contributed by atoms with Crippen molar-refractivity contribution in [3.05, 3.63) is 71.5 Å². The maximum Gasteiger partial charge on any atom is 0.123 e. The average molecular weight is 364 g/mol. The fourth-order valence-corrected chi connectivity index (χ4v) is 3.38. The number of nitrogens with zero attached hydrogens (tertiary/aromatic N) is 1. The molecule has 3 rings (SSSR count). The van der Waals surface area contributed by atoms with Crippen molar-refractivity contribution in [3.63, 3.8) is 0 Å². The van der Waals surface area contributed by atoms with Crippen molar-refractivity contribution in [2.75, 3.05) is 19.7 Å². The number of halogens is 2. The number of hydrogen-bond acceptors (Lipinski definition) is 2. The van der Waals surface area contributed by atoms with Crippen LogP contribution in [0.15, 0.2) is 54.6 Å². The molecular formula is C18H19BrFNO. The number of alkyl halides is 1. The van der Waals surface area contributed by atoms with E-state index in [9.17, 15) is 4.39 Å². The smallest absolute Gasteiger partial charge is 0.123 e. The van der Waals surface area contributed by atoms with Gasteiger partial charge in [-0.25, -0.2) is 4.39 Å². The fraction of sp³-hybridized carbons (Fsp3) is 0.333. The van der Waals surface area contributed by atoms with Crippen LogP contribution < -0.4 is 0 Å². The van der Waals surface area contributed by atoms with Crippen molar-refractivity contribution < 1.29 is 9.13 Å². The molecule has 2 atom stereocenters. The van der Waals surface area contributed by atoms with Crippen LogP contribution in [0, 0.1) is 5.82 Å². The predicted molar refractivity (Wildman–Crippen MR) is 89.5 cm³/mol. The van der Waals surface area contributed by atoms with Crippen LogP contribution in [0.3, 0.4) is 0 Å². The molecule has 0 bridgehead atoms. The minimum Gasteiger partial charge on any atom is -0.374 e. The van der Waals surface area contributed by atoms with Crippen molar-refractivity contribution in [1.29, 1.82) is 0 Å². The van der Waals surface area contributed by atoms with Crippen LogP contribution in [0.2, 0.25) is 0 Å². The Bertz CT molecular complexity index is 590. The zero-order valence-electron chi connectivity index (χ0n) is 12.3. The summed E-state index contributed by atoms with van der Waals surface area (Å²) in [6.45, 7) is 3.46. The molecule has 4 heteroatoms. The highest BCUT2D eigenvalue weighted by Gasteiger charge is 2.27. The first-order chi connectivity index (χ1) is 10.7. The second kappa shape index (κ2) is 7.36. The molecule has 0 amide bonds. The molecule has 2 nitrogen and oxygen atoms in total. The molecule has 1 saturated heterocycles. The number of morpholine rings is 1. The Balaban J connectivity index is 1.63. The molecule has 116 valence electrons. The van der Waals surface area contributed by atoms with E-state index in [0.717, 1.165) is 31.8 Å². The van der Waals surface area contributed by atoms with Gasteiger partial charge in [-0.05, 0) is 23.3 Å². The standard InChI is InChI=1S/C18H19BrFNO/c19-18(15-6-8-16(20)9-7-15)17-13-21(10-11-22-17)12-14-4-2-1-3-5-14/h1-9,17-18H,10-13H2. The van der Waals surface area contributed by atoms with Gasteiger partial charge in [0.05, 0.1) is 17.5 Å². The zero-order chi connectivity index (χ0) is 15.4. The minimum atomic E-state index is -0.210. The third-order valence-corrected chi connectivity index (χ3v) is 5.06. The van der Waals surface area contributed by atoms with Gasteiger partial charge in [0.15, 0.2) is 0 Å². The first kappa shape index (κ1) is 15.7. The summed E-state index contributed by atoms with van der Waals surface area (Å²) in [5, 5.41) is 0. The molecule has 2 aromatic carbocycles. The van der Waals surface area contributed by atoms with Gasteiger partial charge < -0.3 is 4.74 Å². The first-order valence-corrected chi connectivity index (χ1v) is 8.41. The van der Waals surface area contributed by atoms with Crippen molar-refractivity contribution in [2.45, 2.75) is 17.5 Å². The molecule has 0 aliphatic carbocycles. The van der Waals surface area contributed by atoms with Crippen LogP contribution in [0.5, 0.6) is 0 Å². The lowest BCUT2D eigenvalue weighted by molar-refractivity contribution is -0.0310. The van der Waals surface area contributed by atoms with E-state index < -0.39 is 0 Å². The lowest BCUT2D eigenvalue weighted by atomic mass is 10.1. The van der Waals surface area contributed by atoms with Crippen molar-refractivity contribution in [3.8, 4) is 0 Å². The monoisotopic (exact) mass is 363 g/mol. The van der Waals surface area contributed by atoms with Gasteiger partial charge in [0, 0.05) is 19.6 Å². The number of benzene rings is 2. The molecule has 0 aromatic heterocycles. The highest BCUT2D eigenvalue weighted by Crippen LogP contribution is 2.30. The van der Waals surface area contributed by atoms with Crippen LogP contribution in [-0.2, 0) is 11.3 Å². The average Bonchev–Trinajstić information content (AvgIpc) is 2.56. The Kier molecular flexibility index (Phi) is 5.24. The van der Waals surface area contributed by atoms with E-state index in [1.165, 1.54) is 17.7 Å². The molecule has 1 fully saturated rings. The fourth-order valence-electron chi connectivity index (χ4n) is 2.76. The van der Waals surface area contributed by atoms with E-state index >= 15 is 0 Å². The van der Waals surface area contributed by atoms with Gasteiger partial charge in [-0.15, -0.1) is 0 Å². The topological polar surface area (TPSA) is 12.5 Å². The predicted octanol–water partition coefficient (Wildman–Crippen LogP) is 4.16. The van der Waals surface area contributed by atoms with Crippen LogP contribution in [0.1, 0.15) is 16.0 Å². The summed E-state index contributed by atoms with van der Waals surface area (Å²) in [4.78, 5) is 2.48. The first-order valence-electron chi connectivity index (χ1n) is 7.50. The van der Waals surface area contributed by atoms with Gasteiger partial charge in [0.25, 0.3) is 0 Å². The van der Waals surface area contributed by atoms with E-state index in [2.05, 4.69) is 45.1 Å². The Labute approximate surface area is 139 Å². The van der Waals surface area contributed by atoms with Gasteiger partial charge in [-0.1, -0.05) is 58.4 Å². The highest BCUT2D eigenvalue weighted by atomic mass is 79.9. The summed E-state index contributed by atoms with van der Waals surface area (Å²) in [5.41, 5.74) is 2.36. The van der Waals surface area contributed by atoms with Crippen molar-refractivity contribution in [2.24, 2.45) is 0 Å². The van der Waals surface area contributed by atoms with Crippen molar-refractivity contribution >= 4 is 15.9 Å². The lowest BCUT2D eigenvalue weighted by Crippen LogP contribution is -2.43. The molecule has 1 heterocycles. The Morgan fingerprint density at radius 2 is 1.86 bits per heavy atom. The maximum absolute atomic E-state index is 13.0. The second-order valence-corrected chi connectivity index (χ2v) is 6.57. The van der Waals surface area contributed by atoms with E-state index in [1.807, 2.05) is 18.2 Å². The summed E-state index contributed by atoms with van der Waals surface area (Å²) >= 11 is 3.71. The normalized spacial score (nSPS) is 20.7. The zero-order valence-corrected chi connectivity index (χ0v) is 13.9. The van der Waals surface area contributed by atoms with Crippen LogP contribution in [0.25, 0.3) is 0 Å². The summed E-state index contributed by atoms with van der Waals surface area (Å²) < 4.78 is 19.0. The maximum atomic E-state index is 13.0. The lowest BCUT2D eigenvalue weighted by Gasteiger charge is -2.35. The number of hydrogen-bond donors (Lipinski definition) is 0. The summed E-state index contributed by atoms with van der Waals surface area (Å²) in [7, 11) is 0. The highest BCUT2D eigenvalue weighted by molar-refractivity contribution is 9.09. The van der Waals surface area contributed by atoms with Gasteiger partial charge >= 0.3 is 0 Å². The molecule has 1 aliphatic heterocycles. The van der Waals surface area contributed by atoms with Gasteiger partial charge in [-0.3, -0.25) is 4.90 Å². The second-order valence-electron chi connectivity index (χ2n) is 5.58. The molecule has 0 saturated carbocycles. The molecule has 2 aromatic rings. The Morgan fingerprint density at radius 1 is 1.14 bits per heavy atom. The molecule has 22 heavy (non-hydrogen) atoms. The Hall–Kier alpha value is -1.23. The summed E-state index contributed by atoms with van der Waals surface area (Å²) in [6, 6.07) is 17.1. The molecule has 1 aliphatic rings. The van der Waals surface area contributed by atoms with Crippen LogP contribution >= 0.6 is 15.9 Å². The van der Waals surface area contributed by atoms with E-state index in [1.54, 1.807) is 0 Å². The quantitative estimate of drug-likeness (QED) is 0.756. The van der Waals surface area contributed by atoms with Gasteiger partial charge in [0.1, 0.15) is 5.82 Å². The molecule has 0 radical (unpaired) electrons.